The number of ether oxygens (including phenoxy) is 2. The average molecular weight is 398 g/mol. The molecule has 0 radical (unpaired) electrons. The molecule has 2 aromatic rings. The largest absolute Gasteiger partial charge is 0.496 e. The minimum Gasteiger partial charge on any atom is -0.496 e. The van der Waals surface area contributed by atoms with Crippen molar-refractivity contribution in [1.82, 2.24) is 0 Å². The highest BCUT2D eigenvalue weighted by molar-refractivity contribution is 9.10. The van der Waals surface area contributed by atoms with Crippen molar-refractivity contribution >= 4 is 31.9 Å². The van der Waals surface area contributed by atoms with Gasteiger partial charge in [0, 0.05) is 6.42 Å². The van der Waals surface area contributed by atoms with Gasteiger partial charge in [0.25, 0.3) is 0 Å². The van der Waals surface area contributed by atoms with E-state index in [4.69, 9.17) is 9.47 Å². The van der Waals surface area contributed by atoms with Crippen molar-refractivity contribution in [2.75, 3.05) is 13.7 Å². The van der Waals surface area contributed by atoms with Gasteiger partial charge in [0.2, 0.25) is 0 Å². The summed E-state index contributed by atoms with van der Waals surface area (Å²) in [6.45, 7) is 0.791. The lowest BCUT2D eigenvalue weighted by atomic mass is 10.0. The van der Waals surface area contributed by atoms with Gasteiger partial charge in [-0.2, -0.15) is 0 Å². The molecule has 0 aromatic heterocycles. The van der Waals surface area contributed by atoms with Gasteiger partial charge in [-0.3, -0.25) is 0 Å². The molecule has 1 heterocycles. The maximum Gasteiger partial charge on any atom is 0.133 e. The number of fused-ring (bicyclic) bond motifs is 1. The molecule has 4 heteroatoms. The summed E-state index contributed by atoms with van der Waals surface area (Å²) in [4.78, 5) is 0.163. The van der Waals surface area contributed by atoms with Crippen LogP contribution in [0.3, 0.4) is 0 Å². The van der Waals surface area contributed by atoms with Gasteiger partial charge in [-0.15, -0.1) is 0 Å². The normalized spacial score (nSPS) is 14.6. The first-order valence-corrected chi connectivity index (χ1v) is 8.13. The molecule has 0 saturated heterocycles. The molecule has 104 valence electrons. The lowest BCUT2D eigenvalue weighted by molar-refractivity contribution is 0.357. The molecule has 1 aliphatic heterocycles. The summed E-state index contributed by atoms with van der Waals surface area (Å²) in [6.07, 6.45) is 0.995. The molecule has 1 atom stereocenters. The van der Waals surface area contributed by atoms with Crippen LogP contribution in [0.4, 0.5) is 0 Å². The van der Waals surface area contributed by atoms with Crippen LogP contribution in [0.15, 0.2) is 40.9 Å². The Balaban J connectivity index is 1.92. The number of benzene rings is 2. The van der Waals surface area contributed by atoms with Crippen LogP contribution >= 0.6 is 31.9 Å². The quantitative estimate of drug-likeness (QED) is 0.687. The highest BCUT2D eigenvalue weighted by atomic mass is 79.9. The van der Waals surface area contributed by atoms with E-state index in [0.29, 0.717) is 0 Å². The van der Waals surface area contributed by atoms with E-state index in [1.165, 1.54) is 16.7 Å². The first-order valence-electron chi connectivity index (χ1n) is 6.42. The van der Waals surface area contributed by atoms with E-state index in [0.717, 1.165) is 29.0 Å². The number of hydrogen-bond acceptors (Lipinski definition) is 2. The zero-order valence-corrected chi connectivity index (χ0v) is 14.2. The van der Waals surface area contributed by atoms with Gasteiger partial charge in [-0.05, 0) is 50.8 Å². The maximum absolute atomic E-state index is 5.55. The summed E-state index contributed by atoms with van der Waals surface area (Å²) in [5, 5.41) is 0. The van der Waals surface area contributed by atoms with Crippen LogP contribution in [-0.2, 0) is 6.42 Å². The van der Waals surface area contributed by atoms with Crippen LogP contribution in [0.25, 0.3) is 0 Å². The van der Waals surface area contributed by atoms with Crippen LogP contribution < -0.4 is 9.47 Å². The first-order chi connectivity index (χ1) is 9.69. The van der Waals surface area contributed by atoms with Crippen LogP contribution in [-0.4, -0.2) is 13.7 Å². The van der Waals surface area contributed by atoms with Gasteiger partial charge in [0.1, 0.15) is 11.5 Å². The monoisotopic (exact) mass is 396 g/mol. The smallest absolute Gasteiger partial charge is 0.133 e. The summed E-state index contributed by atoms with van der Waals surface area (Å²) >= 11 is 7.31. The summed E-state index contributed by atoms with van der Waals surface area (Å²) in [7, 11) is 1.67. The highest BCUT2D eigenvalue weighted by Gasteiger charge is 2.17. The van der Waals surface area contributed by atoms with Gasteiger partial charge in [-0.1, -0.05) is 34.1 Å². The van der Waals surface area contributed by atoms with Crippen molar-refractivity contribution in [3.63, 3.8) is 0 Å². The van der Waals surface area contributed by atoms with E-state index >= 15 is 0 Å². The Labute approximate surface area is 135 Å². The third-order valence-electron chi connectivity index (χ3n) is 3.47. The van der Waals surface area contributed by atoms with Crippen molar-refractivity contribution < 1.29 is 9.47 Å². The van der Waals surface area contributed by atoms with Gasteiger partial charge in [0.15, 0.2) is 0 Å². The fraction of sp³-hybridized carbons (Fsp3) is 0.250. The topological polar surface area (TPSA) is 18.5 Å². The summed E-state index contributed by atoms with van der Waals surface area (Å²) in [5.74, 6) is 1.86. The minimum absolute atomic E-state index is 0.163. The van der Waals surface area contributed by atoms with Crippen molar-refractivity contribution in [2.45, 2.75) is 11.2 Å². The third-order valence-corrected chi connectivity index (χ3v) is 5.15. The summed E-state index contributed by atoms with van der Waals surface area (Å²) < 4.78 is 11.8. The standard InChI is InChI=1S/C16H14Br2O2/c1-19-15-5-3-12(9-13(15)17)16(18)11-2-4-14-10(8-11)6-7-20-14/h2-5,8-9,16H,6-7H2,1H3. The Morgan fingerprint density at radius 2 is 1.90 bits per heavy atom. The molecule has 1 aliphatic rings. The van der Waals surface area contributed by atoms with E-state index in [9.17, 15) is 0 Å². The predicted molar refractivity (Wildman–Crippen MR) is 87.1 cm³/mol. The maximum atomic E-state index is 5.55. The molecule has 2 aromatic carbocycles. The Morgan fingerprint density at radius 3 is 2.65 bits per heavy atom. The molecule has 0 N–H and O–H groups in total. The molecule has 20 heavy (non-hydrogen) atoms. The summed E-state index contributed by atoms with van der Waals surface area (Å²) in [5.41, 5.74) is 3.72. The second-order valence-corrected chi connectivity index (χ2v) is 6.49. The van der Waals surface area contributed by atoms with Crippen LogP contribution in [0.2, 0.25) is 0 Å². The zero-order valence-electron chi connectivity index (χ0n) is 11.0. The van der Waals surface area contributed by atoms with E-state index in [1.807, 2.05) is 6.07 Å². The number of halogens is 2. The van der Waals surface area contributed by atoms with E-state index in [-0.39, 0.29) is 4.83 Å². The number of alkyl halides is 1. The van der Waals surface area contributed by atoms with Crippen LogP contribution in [0.5, 0.6) is 11.5 Å². The SMILES string of the molecule is COc1ccc(C(Br)c2ccc3c(c2)CCO3)cc1Br. The van der Waals surface area contributed by atoms with Gasteiger partial charge in [-0.25, -0.2) is 0 Å². The fourth-order valence-corrected chi connectivity index (χ4v) is 3.52. The Kier molecular flexibility index (Phi) is 4.03. The lowest BCUT2D eigenvalue weighted by Crippen LogP contribution is -1.95. The Morgan fingerprint density at radius 1 is 1.15 bits per heavy atom. The van der Waals surface area contributed by atoms with Gasteiger partial charge >= 0.3 is 0 Å². The molecule has 3 rings (SSSR count). The molecular weight excluding hydrogens is 384 g/mol. The second-order valence-electron chi connectivity index (χ2n) is 4.72. The highest BCUT2D eigenvalue weighted by Crippen LogP contribution is 2.37. The van der Waals surface area contributed by atoms with Crippen molar-refractivity contribution in [3.8, 4) is 11.5 Å². The number of rotatable bonds is 3. The minimum atomic E-state index is 0.163. The molecule has 1 unspecified atom stereocenters. The zero-order chi connectivity index (χ0) is 14.1. The van der Waals surface area contributed by atoms with Crippen molar-refractivity contribution in [1.29, 1.82) is 0 Å². The van der Waals surface area contributed by atoms with Crippen LogP contribution in [0.1, 0.15) is 21.5 Å². The Hall–Kier alpha value is -1.00. The molecule has 2 nitrogen and oxygen atoms in total. The number of methoxy groups -OCH3 is 1. The summed E-state index contributed by atoms with van der Waals surface area (Å²) in [6, 6.07) is 12.5. The van der Waals surface area contributed by atoms with E-state index < -0.39 is 0 Å². The first kappa shape index (κ1) is 14.0. The van der Waals surface area contributed by atoms with Crippen molar-refractivity contribution in [2.24, 2.45) is 0 Å². The van der Waals surface area contributed by atoms with Crippen molar-refractivity contribution in [3.05, 3.63) is 57.6 Å². The lowest BCUT2D eigenvalue weighted by Gasteiger charge is -2.13. The van der Waals surface area contributed by atoms with Crippen LogP contribution in [0, 0.1) is 0 Å². The molecule has 0 bridgehead atoms. The molecular formula is C16H14Br2O2. The molecule has 0 aliphatic carbocycles. The number of hydrogen-bond donors (Lipinski definition) is 0. The average Bonchev–Trinajstić information content (AvgIpc) is 2.93. The van der Waals surface area contributed by atoms with E-state index in [2.05, 4.69) is 62.2 Å². The molecule has 0 spiro atoms. The van der Waals surface area contributed by atoms with Gasteiger partial charge < -0.3 is 9.47 Å². The molecule has 0 fully saturated rings. The third kappa shape index (κ3) is 2.59. The fourth-order valence-electron chi connectivity index (χ4n) is 2.40. The van der Waals surface area contributed by atoms with E-state index in [1.54, 1.807) is 7.11 Å². The predicted octanol–water partition coefficient (Wildman–Crippen LogP) is 4.88. The van der Waals surface area contributed by atoms with Gasteiger partial charge in [0.05, 0.1) is 23.0 Å². The Bertz CT molecular complexity index is 640. The second kappa shape index (κ2) is 5.78. The molecule has 0 amide bonds. The molecule has 0 saturated carbocycles.